The molecule has 1 unspecified atom stereocenters. The molecule has 3 heterocycles. The zero-order chi connectivity index (χ0) is 11.3. The third-order valence-corrected chi connectivity index (χ3v) is 3.43. The van der Waals surface area contributed by atoms with Gasteiger partial charge in [-0.1, -0.05) is 13.5 Å². The summed E-state index contributed by atoms with van der Waals surface area (Å²) in [5.41, 5.74) is 3.54. The fourth-order valence-corrected chi connectivity index (χ4v) is 2.56. The summed E-state index contributed by atoms with van der Waals surface area (Å²) in [5, 5.41) is 0. The van der Waals surface area contributed by atoms with Crippen molar-refractivity contribution in [2.45, 2.75) is 19.3 Å². The summed E-state index contributed by atoms with van der Waals surface area (Å²) in [4.78, 5) is 6.21. The van der Waals surface area contributed by atoms with Crippen LogP contribution in [0.15, 0.2) is 24.5 Å². The van der Waals surface area contributed by atoms with E-state index >= 15 is 0 Å². The van der Waals surface area contributed by atoms with Gasteiger partial charge < -0.3 is 4.90 Å². The van der Waals surface area contributed by atoms with Crippen molar-refractivity contribution >= 4 is 11.8 Å². The van der Waals surface area contributed by atoms with E-state index in [-0.39, 0.29) is 11.7 Å². The first-order valence-corrected chi connectivity index (χ1v) is 5.55. The van der Waals surface area contributed by atoms with Crippen LogP contribution >= 0.6 is 0 Å². The minimum atomic E-state index is -0.184. The third-order valence-electron chi connectivity index (χ3n) is 3.43. The molecule has 0 radical (unpaired) electrons. The largest absolute Gasteiger partial charge is 0.339 e. The molecule has 0 aromatic carbocycles. The number of allylic oxidation sites excluding steroid dienone is 1. The number of aromatic nitrogens is 1. The molecule has 3 heteroatoms. The first kappa shape index (κ1) is 9.58. The van der Waals surface area contributed by atoms with Crippen molar-refractivity contribution in [3.8, 4) is 0 Å². The number of halogens is 1. The Morgan fingerprint density at radius 2 is 2.38 bits per heavy atom. The van der Waals surface area contributed by atoms with Crippen molar-refractivity contribution in [3.05, 3.63) is 41.6 Å². The monoisotopic (exact) mass is 216 g/mol. The van der Waals surface area contributed by atoms with Gasteiger partial charge in [0.25, 0.3) is 0 Å². The van der Waals surface area contributed by atoms with Crippen LogP contribution in [0.1, 0.15) is 30.5 Å². The van der Waals surface area contributed by atoms with Gasteiger partial charge in [-0.2, -0.15) is 0 Å². The van der Waals surface area contributed by atoms with Gasteiger partial charge >= 0.3 is 0 Å². The van der Waals surface area contributed by atoms with Crippen LogP contribution < -0.4 is 4.90 Å². The zero-order valence-electron chi connectivity index (χ0n) is 9.20. The highest BCUT2D eigenvalue weighted by Crippen LogP contribution is 2.45. The van der Waals surface area contributed by atoms with Gasteiger partial charge in [-0.15, -0.1) is 0 Å². The number of nitrogens with zero attached hydrogens (tertiary/aromatic N) is 2. The summed E-state index contributed by atoms with van der Waals surface area (Å²) >= 11 is 0. The second-order valence-corrected chi connectivity index (χ2v) is 4.29. The van der Waals surface area contributed by atoms with E-state index in [4.69, 9.17) is 0 Å². The van der Waals surface area contributed by atoms with Crippen molar-refractivity contribution < 1.29 is 4.39 Å². The molecule has 0 amide bonds. The standard InChI is InChI=1S/C13H13FN2/c1-3-9-7-16-8(2)4-5-11-13(16)12(9)10(14)6-15-11/h4-6,9H,2-3,7H2,1H3. The second-order valence-electron chi connectivity index (χ2n) is 4.29. The molecule has 1 aromatic rings. The maximum Gasteiger partial charge on any atom is 0.147 e. The number of pyridine rings is 1. The highest BCUT2D eigenvalue weighted by Gasteiger charge is 2.34. The average molecular weight is 216 g/mol. The Labute approximate surface area is 94.1 Å². The van der Waals surface area contributed by atoms with Crippen LogP contribution in [0.2, 0.25) is 0 Å². The van der Waals surface area contributed by atoms with E-state index < -0.39 is 0 Å². The Hall–Kier alpha value is -1.64. The normalized spacial score (nSPS) is 21.5. The van der Waals surface area contributed by atoms with Crippen molar-refractivity contribution in [2.75, 3.05) is 11.4 Å². The van der Waals surface area contributed by atoms with Crippen LogP contribution in [0.25, 0.3) is 6.08 Å². The highest BCUT2D eigenvalue weighted by molar-refractivity contribution is 5.79. The van der Waals surface area contributed by atoms with Gasteiger partial charge in [0.05, 0.1) is 17.6 Å². The van der Waals surface area contributed by atoms with Gasteiger partial charge in [0.1, 0.15) is 5.82 Å². The van der Waals surface area contributed by atoms with Crippen LogP contribution in [0, 0.1) is 5.82 Å². The maximum atomic E-state index is 13.8. The summed E-state index contributed by atoms with van der Waals surface area (Å²) < 4.78 is 13.8. The SMILES string of the molecule is C=C1C=Cc2ncc(F)c3c2N1CC3CC. The van der Waals surface area contributed by atoms with Crippen molar-refractivity contribution in [1.82, 2.24) is 4.98 Å². The molecule has 2 nitrogen and oxygen atoms in total. The number of anilines is 1. The second kappa shape index (κ2) is 3.17. The summed E-state index contributed by atoms with van der Waals surface area (Å²) in [6.07, 6.45) is 6.13. The topological polar surface area (TPSA) is 16.1 Å². The maximum absolute atomic E-state index is 13.8. The molecule has 1 atom stereocenters. The lowest BCUT2D eigenvalue weighted by molar-refractivity contribution is 0.582. The first-order chi connectivity index (χ1) is 7.72. The smallest absolute Gasteiger partial charge is 0.147 e. The van der Waals surface area contributed by atoms with Crippen LogP contribution in [-0.4, -0.2) is 11.5 Å². The predicted molar refractivity (Wildman–Crippen MR) is 62.7 cm³/mol. The minimum Gasteiger partial charge on any atom is -0.339 e. The quantitative estimate of drug-likeness (QED) is 0.717. The van der Waals surface area contributed by atoms with Gasteiger partial charge in [-0.05, 0) is 18.6 Å². The lowest BCUT2D eigenvalue weighted by atomic mass is 9.98. The average Bonchev–Trinajstić information content (AvgIpc) is 2.68. The van der Waals surface area contributed by atoms with Crippen molar-refractivity contribution in [3.63, 3.8) is 0 Å². The van der Waals surface area contributed by atoms with Gasteiger partial charge in [-0.3, -0.25) is 4.98 Å². The molecule has 0 spiro atoms. The van der Waals surface area contributed by atoms with Gasteiger partial charge in [0, 0.05) is 23.7 Å². The molecule has 0 fully saturated rings. The molecule has 0 aliphatic carbocycles. The molecule has 0 bridgehead atoms. The van der Waals surface area contributed by atoms with E-state index in [1.807, 2.05) is 12.2 Å². The van der Waals surface area contributed by atoms with E-state index in [0.29, 0.717) is 0 Å². The highest BCUT2D eigenvalue weighted by atomic mass is 19.1. The molecule has 82 valence electrons. The van der Waals surface area contributed by atoms with Crippen molar-refractivity contribution in [2.24, 2.45) is 0 Å². The fourth-order valence-electron chi connectivity index (χ4n) is 2.56. The van der Waals surface area contributed by atoms with Gasteiger partial charge in [-0.25, -0.2) is 4.39 Å². The molecule has 0 saturated heterocycles. The summed E-state index contributed by atoms with van der Waals surface area (Å²) in [6.45, 7) is 6.90. The fraction of sp³-hybridized carbons (Fsp3) is 0.308. The lowest BCUT2D eigenvalue weighted by Crippen LogP contribution is -2.21. The molecular weight excluding hydrogens is 203 g/mol. The van der Waals surface area contributed by atoms with Gasteiger partial charge in [0.2, 0.25) is 0 Å². The number of hydrogen-bond donors (Lipinski definition) is 0. The zero-order valence-corrected chi connectivity index (χ0v) is 9.20. The Morgan fingerprint density at radius 3 is 3.12 bits per heavy atom. The Morgan fingerprint density at radius 1 is 1.56 bits per heavy atom. The van der Waals surface area contributed by atoms with Crippen LogP contribution in [0.4, 0.5) is 10.1 Å². The number of hydrogen-bond acceptors (Lipinski definition) is 2. The summed E-state index contributed by atoms with van der Waals surface area (Å²) in [7, 11) is 0. The Balaban J connectivity index is 2.28. The molecule has 2 aliphatic heterocycles. The van der Waals surface area contributed by atoms with Crippen LogP contribution in [-0.2, 0) is 0 Å². The van der Waals surface area contributed by atoms with Crippen molar-refractivity contribution in [1.29, 1.82) is 0 Å². The predicted octanol–water partition coefficient (Wildman–Crippen LogP) is 3.07. The lowest BCUT2D eigenvalue weighted by Gasteiger charge is -2.24. The first-order valence-electron chi connectivity index (χ1n) is 5.55. The van der Waals surface area contributed by atoms with Gasteiger partial charge in [0.15, 0.2) is 0 Å². The molecule has 0 saturated carbocycles. The Kier molecular flexibility index (Phi) is 1.90. The summed E-state index contributed by atoms with van der Waals surface area (Å²) in [5.74, 6) is 0.0737. The molecule has 0 N–H and O–H groups in total. The van der Waals surface area contributed by atoms with E-state index in [2.05, 4.69) is 23.4 Å². The molecule has 1 aromatic heterocycles. The summed E-state index contributed by atoms with van der Waals surface area (Å²) in [6, 6.07) is 0. The van der Waals surface area contributed by atoms with E-state index in [1.165, 1.54) is 6.20 Å². The molecule has 2 aliphatic rings. The van der Waals surface area contributed by atoms with E-state index in [1.54, 1.807) is 0 Å². The minimum absolute atomic E-state index is 0.184. The number of rotatable bonds is 1. The van der Waals surface area contributed by atoms with E-state index in [9.17, 15) is 4.39 Å². The molecular formula is C13H13FN2. The van der Waals surface area contributed by atoms with Crippen LogP contribution in [0.3, 0.4) is 0 Å². The Bertz CT molecular complexity index is 505. The molecule has 16 heavy (non-hydrogen) atoms. The third kappa shape index (κ3) is 1.08. The van der Waals surface area contributed by atoms with Crippen LogP contribution in [0.5, 0.6) is 0 Å². The van der Waals surface area contributed by atoms with E-state index in [0.717, 1.165) is 35.6 Å². The molecule has 3 rings (SSSR count).